The summed E-state index contributed by atoms with van der Waals surface area (Å²) in [6.07, 6.45) is -0.443. The zero-order valence-electron chi connectivity index (χ0n) is 12.4. The molecule has 2 N–H and O–H groups in total. The van der Waals surface area contributed by atoms with Crippen molar-refractivity contribution in [3.05, 3.63) is 10.6 Å². The van der Waals surface area contributed by atoms with Crippen molar-refractivity contribution in [1.82, 2.24) is 0 Å². The average molecular weight is 302 g/mol. The molecule has 16 radical (unpaired) electrons. The topological polar surface area (TPSA) is 43.1 Å². The maximum absolute atomic E-state index is 12.7. The third-order valence-electron chi connectivity index (χ3n) is 4.28. The second-order valence-corrected chi connectivity index (χ2v) is 6.58. The van der Waals surface area contributed by atoms with Gasteiger partial charge in [-0.3, -0.25) is 4.79 Å². The second-order valence-electron chi connectivity index (χ2n) is 6.20. The highest BCUT2D eigenvalue weighted by Crippen LogP contribution is 2.55. The van der Waals surface area contributed by atoms with Crippen LogP contribution in [0.25, 0.3) is 0 Å². The van der Waals surface area contributed by atoms with Crippen LogP contribution in [0.1, 0.15) is 18.4 Å². The standard InChI is InChI=1S/C12H6B8ClNO/c13-5-4(9(21)8(16)7(15)6(5)14)12(22)3(23)1-10(17,18)2-11(12,19)20/h1-2,22H2. The lowest BCUT2D eigenvalue weighted by atomic mass is 9.30. The summed E-state index contributed by atoms with van der Waals surface area (Å²) in [6, 6.07) is 0. The third kappa shape index (κ3) is 2.70. The molecule has 1 fully saturated rings. The number of carbonyl (C=O) groups excluding carboxylic acids is 1. The van der Waals surface area contributed by atoms with E-state index in [-0.39, 0.29) is 45.3 Å². The average Bonchev–Trinajstić information content (AvgIpc) is 2.39. The SMILES string of the molecule is [B]c1c([B])c([B])c(C2(N)C(=O)CC([B])([B])CC2([B])[B])c(Cl)c1[B]. The summed E-state index contributed by atoms with van der Waals surface area (Å²) in [4.78, 5) is 12.7. The maximum Gasteiger partial charge on any atom is 0.155 e. The molecule has 0 bridgehead atoms. The van der Waals surface area contributed by atoms with Crippen molar-refractivity contribution in [2.45, 2.75) is 28.8 Å². The van der Waals surface area contributed by atoms with Gasteiger partial charge in [-0.2, -0.15) is 0 Å². The Balaban J connectivity index is 2.82. The van der Waals surface area contributed by atoms with Gasteiger partial charge in [0.1, 0.15) is 31.4 Å². The van der Waals surface area contributed by atoms with E-state index >= 15 is 0 Å². The minimum atomic E-state index is -1.98. The Hall–Kier alpha value is -0.341. The van der Waals surface area contributed by atoms with Gasteiger partial charge in [0, 0.05) is 5.02 Å². The minimum absolute atomic E-state index is 0.0188. The molecule has 0 heterocycles. The number of carbonyl (C=O) groups is 1. The van der Waals surface area contributed by atoms with Crippen LogP contribution in [0, 0.1) is 0 Å². The Morgan fingerprint density at radius 3 is 1.87 bits per heavy atom. The monoisotopic (exact) mass is 303 g/mol. The first-order chi connectivity index (χ1) is 10.3. The van der Waals surface area contributed by atoms with E-state index in [1.54, 1.807) is 0 Å². The first-order valence-electron chi connectivity index (χ1n) is 6.66. The molecule has 0 saturated heterocycles. The van der Waals surface area contributed by atoms with E-state index in [4.69, 9.17) is 80.1 Å². The second kappa shape index (κ2) is 5.59. The minimum Gasteiger partial charge on any atom is -0.316 e. The Morgan fingerprint density at radius 2 is 1.39 bits per heavy atom. The van der Waals surface area contributed by atoms with Crippen LogP contribution in [0.3, 0.4) is 0 Å². The van der Waals surface area contributed by atoms with Gasteiger partial charge < -0.3 is 5.73 Å². The number of hydrogen-bond acceptors (Lipinski definition) is 2. The van der Waals surface area contributed by atoms with Gasteiger partial charge in [-0.1, -0.05) is 39.4 Å². The molecular weight excluding hydrogens is 296 g/mol. The molecule has 1 aliphatic rings. The van der Waals surface area contributed by atoms with Crippen molar-refractivity contribution in [3.63, 3.8) is 0 Å². The summed E-state index contributed by atoms with van der Waals surface area (Å²) < 4.78 is 0. The van der Waals surface area contributed by atoms with Gasteiger partial charge in [0.05, 0.1) is 36.9 Å². The van der Waals surface area contributed by atoms with Crippen molar-refractivity contribution in [3.8, 4) is 0 Å². The van der Waals surface area contributed by atoms with E-state index in [0.717, 1.165) is 0 Å². The molecule has 0 spiro atoms. The summed E-state index contributed by atoms with van der Waals surface area (Å²) >= 11 is 6.22. The van der Waals surface area contributed by atoms with E-state index in [0.29, 0.717) is 0 Å². The lowest BCUT2D eigenvalue weighted by Gasteiger charge is -2.54. The highest BCUT2D eigenvalue weighted by molar-refractivity contribution is 6.66. The van der Waals surface area contributed by atoms with E-state index in [9.17, 15) is 4.79 Å². The fourth-order valence-corrected chi connectivity index (χ4v) is 3.35. The molecule has 0 aromatic heterocycles. The molecule has 1 unspecified atom stereocenters. The molecular formula is C12H6B8ClNO. The van der Waals surface area contributed by atoms with Crippen LogP contribution in [-0.4, -0.2) is 68.6 Å². The summed E-state index contributed by atoms with van der Waals surface area (Å²) in [6.45, 7) is 0. The van der Waals surface area contributed by atoms with Gasteiger partial charge in [-0.15, -0.1) is 10.9 Å². The molecule has 1 aromatic rings. The predicted molar refractivity (Wildman–Crippen MR) is 102 cm³/mol. The fraction of sp³-hybridized carbons (Fsp3) is 0.417. The van der Waals surface area contributed by atoms with E-state index in [2.05, 4.69) is 0 Å². The Labute approximate surface area is 152 Å². The number of hydrogen-bond donors (Lipinski definition) is 1. The summed E-state index contributed by atoms with van der Waals surface area (Å²) in [7, 11) is 47.1. The number of nitrogens with two attached hydrogens (primary N) is 1. The molecule has 2 rings (SSSR count). The molecule has 11 heteroatoms. The first kappa shape index (κ1) is 19.0. The highest BCUT2D eigenvalue weighted by atomic mass is 35.5. The number of ketones is 1. The maximum atomic E-state index is 12.7. The van der Waals surface area contributed by atoms with Crippen molar-refractivity contribution in [2.75, 3.05) is 0 Å². The lowest BCUT2D eigenvalue weighted by molar-refractivity contribution is -0.127. The number of benzene rings is 1. The summed E-state index contributed by atoms with van der Waals surface area (Å²) in [5.74, 6) is -0.629. The fourth-order valence-electron chi connectivity index (χ4n) is 3.00. The highest BCUT2D eigenvalue weighted by Gasteiger charge is 2.55. The zero-order chi connectivity index (χ0) is 18.0. The van der Waals surface area contributed by atoms with Gasteiger partial charge in [0.2, 0.25) is 0 Å². The molecule has 1 atom stereocenters. The van der Waals surface area contributed by atoms with E-state index in [1.807, 2.05) is 0 Å². The van der Waals surface area contributed by atoms with Gasteiger partial charge >= 0.3 is 0 Å². The van der Waals surface area contributed by atoms with E-state index < -0.39 is 21.7 Å². The van der Waals surface area contributed by atoms with Crippen LogP contribution in [0.5, 0.6) is 0 Å². The van der Waals surface area contributed by atoms with E-state index in [1.165, 1.54) is 0 Å². The van der Waals surface area contributed by atoms with Crippen molar-refractivity contribution in [2.24, 2.45) is 5.73 Å². The Bertz CT molecular complexity index is 678. The molecule has 1 aliphatic carbocycles. The van der Waals surface area contributed by atoms with Crippen LogP contribution >= 0.6 is 11.6 Å². The number of halogens is 1. The lowest BCUT2D eigenvalue weighted by Crippen LogP contribution is -2.64. The molecule has 96 valence electrons. The molecule has 23 heavy (non-hydrogen) atoms. The van der Waals surface area contributed by atoms with Crippen molar-refractivity contribution in [1.29, 1.82) is 0 Å². The van der Waals surface area contributed by atoms with Crippen LogP contribution in [0.15, 0.2) is 0 Å². The molecule has 1 aromatic carbocycles. The normalized spacial score (nSPS) is 26.1. The van der Waals surface area contributed by atoms with Crippen molar-refractivity contribution < 1.29 is 4.79 Å². The van der Waals surface area contributed by atoms with Crippen LogP contribution < -0.4 is 27.6 Å². The third-order valence-corrected chi connectivity index (χ3v) is 4.67. The summed E-state index contributed by atoms with van der Waals surface area (Å²) in [5.41, 5.74) is 3.97. The Morgan fingerprint density at radius 1 is 0.913 bits per heavy atom. The van der Waals surface area contributed by atoms with Crippen LogP contribution in [0.2, 0.25) is 15.5 Å². The summed E-state index contributed by atoms with van der Waals surface area (Å²) in [5, 5.41) is -3.37. The number of rotatable bonds is 1. The van der Waals surface area contributed by atoms with Crippen molar-refractivity contribution >= 4 is 102 Å². The molecule has 2 nitrogen and oxygen atoms in total. The predicted octanol–water partition coefficient (Wildman–Crippen LogP) is -4.06. The first-order valence-corrected chi connectivity index (χ1v) is 7.03. The van der Waals surface area contributed by atoms with Gasteiger partial charge in [-0.05, 0) is 12.0 Å². The quantitative estimate of drug-likeness (QED) is 0.537. The largest absolute Gasteiger partial charge is 0.316 e. The number of Topliss-reactive ketones (excluding diaryl/α,β-unsaturated/α-hetero) is 1. The smallest absolute Gasteiger partial charge is 0.155 e. The van der Waals surface area contributed by atoms with Gasteiger partial charge in [0.15, 0.2) is 5.78 Å². The van der Waals surface area contributed by atoms with Gasteiger partial charge in [-0.25, -0.2) is 0 Å². The molecule has 0 aliphatic heterocycles. The molecule has 0 amide bonds. The molecule has 1 saturated carbocycles. The Kier molecular flexibility index (Phi) is 4.62. The van der Waals surface area contributed by atoms with Crippen LogP contribution in [-0.2, 0) is 10.3 Å². The zero-order valence-corrected chi connectivity index (χ0v) is 13.2. The van der Waals surface area contributed by atoms with Crippen LogP contribution in [0.4, 0.5) is 0 Å². The van der Waals surface area contributed by atoms with Gasteiger partial charge in [0.25, 0.3) is 0 Å².